The molecule has 4 bridgehead atoms. The summed E-state index contributed by atoms with van der Waals surface area (Å²) < 4.78 is 6.17. The number of hydrogen-bond acceptors (Lipinski definition) is 1. The molecule has 1 heteroatoms. The fraction of sp³-hybridized carbons (Fsp3) is 0.438. The first-order valence-electron chi connectivity index (χ1n) is 12.9. The van der Waals surface area contributed by atoms with Crippen LogP contribution in [0.15, 0.2) is 65.1 Å². The van der Waals surface area contributed by atoms with Gasteiger partial charge in [0.05, 0.1) is 0 Å². The van der Waals surface area contributed by atoms with E-state index in [4.69, 9.17) is 4.42 Å². The second-order valence-electron chi connectivity index (χ2n) is 12.5. The maximum Gasteiger partial charge on any atom is 0.135 e. The monoisotopic (exact) mass is 434 g/mol. The lowest BCUT2D eigenvalue weighted by molar-refractivity contribution is -0.00518. The molecule has 33 heavy (non-hydrogen) atoms. The Kier molecular flexibility index (Phi) is 4.07. The van der Waals surface area contributed by atoms with Crippen molar-refractivity contribution >= 4 is 21.9 Å². The highest BCUT2D eigenvalue weighted by Crippen LogP contribution is 2.60. The van der Waals surface area contributed by atoms with Crippen LogP contribution < -0.4 is 0 Å². The number of furan rings is 1. The molecule has 0 atom stereocenters. The van der Waals surface area contributed by atoms with E-state index >= 15 is 0 Å². The summed E-state index contributed by atoms with van der Waals surface area (Å²) in [4.78, 5) is 0. The Morgan fingerprint density at radius 2 is 1.21 bits per heavy atom. The molecule has 1 nitrogen and oxygen atoms in total. The van der Waals surface area contributed by atoms with Gasteiger partial charge in [0.2, 0.25) is 0 Å². The van der Waals surface area contributed by atoms with Crippen LogP contribution in [-0.4, -0.2) is 0 Å². The lowest BCUT2D eigenvalue weighted by Gasteiger charge is -2.57. The van der Waals surface area contributed by atoms with Gasteiger partial charge in [-0.3, -0.25) is 0 Å². The molecular formula is C32H34O. The summed E-state index contributed by atoms with van der Waals surface area (Å²) in [5.74, 6) is 2.97. The van der Waals surface area contributed by atoms with E-state index in [1.807, 2.05) is 0 Å². The first-order valence-corrected chi connectivity index (χ1v) is 12.9. The number of benzene rings is 3. The molecule has 0 spiro atoms. The molecule has 0 N–H and O–H groups in total. The van der Waals surface area contributed by atoms with E-state index < -0.39 is 0 Å². The Morgan fingerprint density at radius 3 is 1.82 bits per heavy atom. The van der Waals surface area contributed by atoms with E-state index in [0.717, 1.165) is 28.9 Å². The van der Waals surface area contributed by atoms with E-state index in [0.29, 0.717) is 5.41 Å². The molecule has 1 heterocycles. The Bertz CT molecular complexity index is 1330. The summed E-state index contributed by atoms with van der Waals surface area (Å²) in [6.07, 6.45) is 8.82. The van der Waals surface area contributed by atoms with Crippen LogP contribution in [0.4, 0.5) is 0 Å². The Morgan fingerprint density at radius 1 is 0.667 bits per heavy atom. The van der Waals surface area contributed by atoms with Gasteiger partial charge in [-0.1, -0.05) is 57.2 Å². The highest BCUT2D eigenvalue weighted by Gasteiger charge is 2.51. The van der Waals surface area contributed by atoms with Gasteiger partial charge in [0.1, 0.15) is 11.2 Å². The molecule has 4 aliphatic carbocycles. The highest BCUT2D eigenvalue weighted by molar-refractivity contribution is 6.06. The zero-order valence-corrected chi connectivity index (χ0v) is 20.2. The number of rotatable bonds is 2. The summed E-state index contributed by atoms with van der Waals surface area (Å²) in [6, 6.07) is 23.0. The lowest BCUT2D eigenvalue weighted by atomic mass is 9.48. The van der Waals surface area contributed by atoms with Gasteiger partial charge in [-0.15, -0.1) is 0 Å². The van der Waals surface area contributed by atoms with Crippen molar-refractivity contribution in [2.24, 2.45) is 17.8 Å². The molecule has 4 saturated carbocycles. The maximum absolute atomic E-state index is 6.17. The van der Waals surface area contributed by atoms with Crippen molar-refractivity contribution < 1.29 is 4.42 Å². The summed E-state index contributed by atoms with van der Waals surface area (Å²) >= 11 is 0. The molecule has 168 valence electrons. The fourth-order valence-corrected chi connectivity index (χ4v) is 7.90. The van der Waals surface area contributed by atoms with Crippen LogP contribution in [0.25, 0.3) is 33.1 Å². The summed E-state index contributed by atoms with van der Waals surface area (Å²) in [7, 11) is 0. The molecule has 0 radical (unpaired) electrons. The lowest BCUT2D eigenvalue weighted by Crippen LogP contribution is -2.48. The van der Waals surface area contributed by atoms with Crippen LogP contribution in [0.5, 0.6) is 0 Å². The maximum atomic E-state index is 6.17. The van der Waals surface area contributed by atoms with Gasteiger partial charge in [-0.2, -0.15) is 0 Å². The molecular weight excluding hydrogens is 400 g/mol. The first kappa shape index (κ1) is 19.9. The van der Waals surface area contributed by atoms with Gasteiger partial charge >= 0.3 is 0 Å². The van der Waals surface area contributed by atoms with Crippen LogP contribution in [-0.2, 0) is 10.8 Å². The van der Waals surface area contributed by atoms with Crippen molar-refractivity contribution in [1.29, 1.82) is 0 Å². The molecule has 4 aliphatic rings. The summed E-state index contributed by atoms with van der Waals surface area (Å²) in [5, 5.41) is 2.45. The zero-order chi connectivity index (χ0) is 22.4. The minimum Gasteiger partial charge on any atom is -0.456 e. The topological polar surface area (TPSA) is 13.1 Å². The minimum absolute atomic E-state index is 0.127. The van der Waals surface area contributed by atoms with Gasteiger partial charge in [-0.25, -0.2) is 0 Å². The SMILES string of the molecule is CC(C)(C)c1ccc2oc3ccc(-c4ccc(C56CC7CC(CC(C7)C5)C6)cc4)cc3c2c1. The smallest absolute Gasteiger partial charge is 0.135 e. The van der Waals surface area contributed by atoms with E-state index in [1.54, 1.807) is 5.56 Å². The molecule has 3 aromatic carbocycles. The Labute approximate surface area is 197 Å². The Balaban J connectivity index is 1.26. The Hall–Kier alpha value is -2.54. The van der Waals surface area contributed by atoms with Crippen molar-refractivity contribution in [1.82, 2.24) is 0 Å². The molecule has 0 aliphatic heterocycles. The van der Waals surface area contributed by atoms with Crippen LogP contribution >= 0.6 is 0 Å². The molecule has 4 aromatic rings. The number of hydrogen-bond donors (Lipinski definition) is 0. The second kappa shape index (κ2) is 6.75. The van der Waals surface area contributed by atoms with E-state index in [-0.39, 0.29) is 5.41 Å². The van der Waals surface area contributed by atoms with E-state index in [9.17, 15) is 0 Å². The first-order chi connectivity index (χ1) is 15.9. The van der Waals surface area contributed by atoms with Crippen molar-refractivity contribution in [3.8, 4) is 11.1 Å². The summed E-state index contributed by atoms with van der Waals surface area (Å²) in [6.45, 7) is 6.81. The average molecular weight is 435 g/mol. The standard InChI is InChI=1S/C32H34O/c1-31(2,3)26-9-11-30-28(16-26)27-15-24(6-10-29(27)33-30)23-4-7-25(8-5-23)32-17-20-12-21(18-32)14-22(13-20)19-32/h4-11,15-16,20-22H,12-14,17-19H2,1-3H3. The number of fused-ring (bicyclic) bond motifs is 3. The van der Waals surface area contributed by atoms with Gasteiger partial charge in [0.25, 0.3) is 0 Å². The van der Waals surface area contributed by atoms with Crippen molar-refractivity contribution in [2.75, 3.05) is 0 Å². The zero-order valence-electron chi connectivity index (χ0n) is 20.2. The van der Waals surface area contributed by atoms with Crippen LogP contribution in [0.3, 0.4) is 0 Å². The van der Waals surface area contributed by atoms with Gasteiger partial charge in [0, 0.05) is 10.8 Å². The van der Waals surface area contributed by atoms with Crippen LogP contribution in [0, 0.1) is 17.8 Å². The normalized spacial score (nSPS) is 28.8. The predicted molar refractivity (Wildman–Crippen MR) is 138 cm³/mol. The fourth-order valence-electron chi connectivity index (χ4n) is 7.90. The second-order valence-corrected chi connectivity index (χ2v) is 12.5. The highest BCUT2D eigenvalue weighted by atomic mass is 16.3. The van der Waals surface area contributed by atoms with Crippen LogP contribution in [0.2, 0.25) is 0 Å². The molecule has 8 rings (SSSR count). The largest absolute Gasteiger partial charge is 0.456 e. The van der Waals surface area contributed by atoms with E-state index in [2.05, 4.69) is 81.4 Å². The third-order valence-corrected chi connectivity index (χ3v) is 9.20. The third-order valence-electron chi connectivity index (χ3n) is 9.20. The van der Waals surface area contributed by atoms with Crippen molar-refractivity contribution in [3.63, 3.8) is 0 Å². The van der Waals surface area contributed by atoms with Gasteiger partial charge in [0.15, 0.2) is 0 Å². The quantitative estimate of drug-likeness (QED) is 0.307. The molecule has 1 aromatic heterocycles. The molecule has 0 amide bonds. The van der Waals surface area contributed by atoms with Crippen molar-refractivity contribution in [3.05, 3.63) is 71.8 Å². The van der Waals surface area contributed by atoms with Gasteiger partial charge < -0.3 is 4.42 Å². The van der Waals surface area contributed by atoms with Gasteiger partial charge in [-0.05, 0) is 114 Å². The minimum atomic E-state index is 0.127. The van der Waals surface area contributed by atoms with Crippen LogP contribution in [0.1, 0.15) is 70.4 Å². The molecule has 0 unspecified atom stereocenters. The third kappa shape index (κ3) is 3.11. The van der Waals surface area contributed by atoms with Crippen molar-refractivity contribution in [2.45, 2.75) is 70.1 Å². The average Bonchev–Trinajstić information content (AvgIpc) is 3.15. The predicted octanol–water partition coefficient (Wildman–Crippen LogP) is 9.02. The van der Waals surface area contributed by atoms with E-state index in [1.165, 1.54) is 66.0 Å². The summed E-state index contributed by atoms with van der Waals surface area (Å²) in [5.41, 5.74) is 8.11. The molecule has 4 fully saturated rings. The molecule has 0 saturated heterocycles.